The smallest absolute Gasteiger partial charge is 0.263 e. The molecule has 1 heterocycles. The van der Waals surface area contributed by atoms with Crippen molar-refractivity contribution in [1.29, 1.82) is 0 Å². The number of nitrogens with one attached hydrogen (secondary N) is 2. The first-order valence-corrected chi connectivity index (χ1v) is 6.90. The molecule has 0 bridgehead atoms. The molecule has 1 amide bonds. The van der Waals surface area contributed by atoms with Crippen molar-refractivity contribution in [1.82, 2.24) is 10.2 Å². The molecule has 0 aliphatic rings. The number of anilines is 1. The van der Waals surface area contributed by atoms with E-state index in [1.165, 1.54) is 0 Å². The summed E-state index contributed by atoms with van der Waals surface area (Å²) in [5.74, 6) is 0.994. The lowest BCUT2D eigenvalue weighted by Gasteiger charge is -2.14. The number of amides is 1. The van der Waals surface area contributed by atoms with Crippen LogP contribution in [0.4, 0.5) is 5.82 Å². The molecule has 0 fully saturated rings. The van der Waals surface area contributed by atoms with E-state index >= 15 is 0 Å². The van der Waals surface area contributed by atoms with Crippen LogP contribution in [0.5, 0.6) is 5.75 Å². The highest BCUT2D eigenvalue weighted by molar-refractivity contribution is 5.91. The van der Waals surface area contributed by atoms with Crippen LogP contribution >= 0.6 is 0 Å². The fraction of sp³-hybridized carbons (Fsp3) is 0.375. The number of hydrogen-bond donors (Lipinski definition) is 2. The van der Waals surface area contributed by atoms with Crippen molar-refractivity contribution in [2.45, 2.75) is 33.1 Å². The molecule has 0 atom stereocenters. The normalized spacial score (nSPS) is 11.2. The summed E-state index contributed by atoms with van der Waals surface area (Å²) in [5.41, 5.74) is 1.94. The number of aromatic nitrogens is 2. The molecule has 0 unspecified atom stereocenters. The number of para-hydroxylation sites is 1. The van der Waals surface area contributed by atoms with E-state index in [2.05, 4.69) is 36.3 Å². The Morgan fingerprint density at radius 1 is 1.33 bits per heavy atom. The van der Waals surface area contributed by atoms with Crippen LogP contribution in [0.15, 0.2) is 30.3 Å². The monoisotopic (exact) mass is 287 g/mol. The van der Waals surface area contributed by atoms with E-state index in [1.54, 1.807) is 0 Å². The van der Waals surface area contributed by atoms with Crippen molar-refractivity contribution >= 4 is 11.7 Å². The number of H-pyrrole nitrogens is 1. The second kappa shape index (κ2) is 5.99. The summed E-state index contributed by atoms with van der Waals surface area (Å²) < 4.78 is 5.49. The molecular formula is C16H21N3O2. The van der Waals surface area contributed by atoms with Gasteiger partial charge in [-0.05, 0) is 18.6 Å². The topological polar surface area (TPSA) is 67.0 Å². The lowest BCUT2D eigenvalue weighted by Crippen LogP contribution is -2.20. The van der Waals surface area contributed by atoms with Gasteiger partial charge in [0.15, 0.2) is 12.4 Å². The van der Waals surface area contributed by atoms with Crippen molar-refractivity contribution in [2.75, 3.05) is 11.9 Å². The summed E-state index contributed by atoms with van der Waals surface area (Å²) >= 11 is 0. The van der Waals surface area contributed by atoms with E-state index in [0.29, 0.717) is 11.6 Å². The van der Waals surface area contributed by atoms with Gasteiger partial charge in [-0.1, -0.05) is 39.0 Å². The van der Waals surface area contributed by atoms with Crippen LogP contribution in [-0.2, 0) is 10.2 Å². The Morgan fingerprint density at radius 2 is 2.05 bits per heavy atom. The number of carbonyl (C=O) groups is 1. The molecule has 1 aromatic heterocycles. The van der Waals surface area contributed by atoms with Crippen LogP contribution in [0.2, 0.25) is 0 Å². The number of ether oxygens (including phenoxy) is 1. The fourth-order valence-corrected chi connectivity index (χ4v) is 1.81. The fourth-order valence-electron chi connectivity index (χ4n) is 1.81. The Balaban J connectivity index is 1.90. The Hall–Kier alpha value is -2.30. The van der Waals surface area contributed by atoms with E-state index in [-0.39, 0.29) is 17.9 Å². The van der Waals surface area contributed by atoms with E-state index in [1.807, 2.05) is 37.3 Å². The number of hydrogen-bond acceptors (Lipinski definition) is 3. The Bertz CT molecular complexity index is 626. The third-order valence-corrected chi connectivity index (χ3v) is 3.11. The molecule has 1 aromatic carbocycles. The van der Waals surface area contributed by atoms with Gasteiger partial charge in [-0.3, -0.25) is 9.89 Å². The zero-order valence-electron chi connectivity index (χ0n) is 12.9. The highest BCUT2D eigenvalue weighted by Crippen LogP contribution is 2.22. The number of nitrogens with zero attached hydrogens (tertiary/aromatic N) is 1. The average Bonchev–Trinajstić information content (AvgIpc) is 2.86. The van der Waals surface area contributed by atoms with E-state index < -0.39 is 0 Å². The summed E-state index contributed by atoms with van der Waals surface area (Å²) in [5, 5.41) is 9.73. The van der Waals surface area contributed by atoms with Crippen molar-refractivity contribution < 1.29 is 9.53 Å². The molecule has 0 aliphatic heterocycles. The highest BCUT2D eigenvalue weighted by Gasteiger charge is 2.17. The number of rotatable bonds is 4. The minimum atomic E-state index is -0.231. The lowest BCUT2D eigenvalue weighted by molar-refractivity contribution is -0.118. The maximum Gasteiger partial charge on any atom is 0.263 e. The molecule has 5 heteroatoms. The van der Waals surface area contributed by atoms with Crippen LogP contribution in [0.3, 0.4) is 0 Å². The lowest BCUT2D eigenvalue weighted by atomic mass is 9.92. The summed E-state index contributed by atoms with van der Waals surface area (Å²) in [6.45, 7) is 8.13. The molecular weight excluding hydrogens is 266 g/mol. The third-order valence-electron chi connectivity index (χ3n) is 3.11. The summed E-state index contributed by atoms with van der Waals surface area (Å²) in [6.07, 6.45) is 0. The van der Waals surface area contributed by atoms with E-state index in [9.17, 15) is 4.79 Å². The third kappa shape index (κ3) is 4.08. The Morgan fingerprint density at radius 3 is 2.67 bits per heavy atom. The molecule has 0 spiro atoms. The minimum Gasteiger partial charge on any atom is -0.483 e. The van der Waals surface area contributed by atoms with Gasteiger partial charge in [0.2, 0.25) is 0 Å². The van der Waals surface area contributed by atoms with E-state index in [0.717, 1.165) is 11.3 Å². The molecule has 21 heavy (non-hydrogen) atoms. The van der Waals surface area contributed by atoms with Gasteiger partial charge in [-0.15, -0.1) is 0 Å². The SMILES string of the molecule is Cc1ccccc1OCC(=O)Nc1cc(C(C)(C)C)[nH]n1. The number of carbonyl (C=O) groups excluding carboxylic acids is 1. The van der Waals surface area contributed by atoms with Crippen LogP contribution in [0, 0.1) is 6.92 Å². The van der Waals surface area contributed by atoms with Crippen molar-refractivity contribution in [3.8, 4) is 5.75 Å². The molecule has 0 aliphatic carbocycles. The van der Waals surface area contributed by atoms with Gasteiger partial charge in [0.25, 0.3) is 5.91 Å². The van der Waals surface area contributed by atoms with Crippen LogP contribution in [0.25, 0.3) is 0 Å². The first-order chi connectivity index (χ1) is 9.86. The van der Waals surface area contributed by atoms with Gasteiger partial charge in [-0.2, -0.15) is 5.10 Å². The van der Waals surface area contributed by atoms with E-state index in [4.69, 9.17) is 4.74 Å². The van der Waals surface area contributed by atoms with Crippen molar-refractivity contribution in [3.63, 3.8) is 0 Å². The van der Waals surface area contributed by atoms with Gasteiger partial charge in [-0.25, -0.2) is 0 Å². The maximum atomic E-state index is 11.9. The van der Waals surface area contributed by atoms with Crippen molar-refractivity contribution in [2.24, 2.45) is 0 Å². The largest absolute Gasteiger partial charge is 0.483 e. The molecule has 112 valence electrons. The predicted molar refractivity (Wildman–Crippen MR) is 82.6 cm³/mol. The Labute approximate surface area is 124 Å². The van der Waals surface area contributed by atoms with Gasteiger partial charge in [0, 0.05) is 17.2 Å². The summed E-state index contributed by atoms with van der Waals surface area (Å²) in [6, 6.07) is 9.43. The molecule has 2 N–H and O–H groups in total. The van der Waals surface area contributed by atoms with Crippen LogP contribution in [-0.4, -0.2) is 22.7 Å². The zero-order valence-corrected chi connectivity index (χ0v) is 12.9. The highest BCUT2D eigenvalue weighted by atomic mass is 16.5. The number of benzene rings is 1. The van der Waals surface area contributed by atoms with Gasteiger partial charge >= 0.3 is 0 Å². The molecule has 5 nitrogen and oxygen atoms in total. The summed E-state index contributed by atoms with van der Waals surface area (Å²) in [7, 11) is 0. The maximum absolute atomic E-state index is 11.9. The second-order valence-electron chi connectivity index (χ2n) is 6.02. The second-order valence-corrected chi connectivity index (χ2v) is 6.02. The van der Waals surface area contributed by atoms with Gasteiger partial charge < -0.3 is 10.1 Å². The first-order valence-electron chi connectivity index (χ1n) is 6.90. The van der Waals surface area contributed by atoms with Crippen molar-refractivity contribution in [3.05, 3.63) is 41.6 Å². The van der Waals surface area contributed by atoms with Gasteiger partial charge in [0.1, 0.15) is 5.75 Å². The standard InChI is InChI=1S/C16H21N3O2/c1-11-7-5-6-8-12(11)21-10-15(20)17-14-9-13(18-19-14)16(2,3)4/h5-9H,10H2,1-4H3,(H2,17,18,19,20). The Kier molecular flexibility index (Phi) is 4.31. The van der Waals surface area contributed by atoms with Crippen LogP contribution < -0.4 is 10.1 Å². The molecule has 0 radical (unpaired) electrons. The first kappa shape index (κ1) is 15.1. The molecule has 0 saturated carbocycles. The van der Waals surface area contributed by atoms with Gasteiger partial charge in [0.05, 0.1) is 0 Å². The predicted octanol–water partition coefficient (Wildman–Crippen LogP) is 3.03. The quantitative estimate of drug-likeness (QED) is 0.908. The molecule has 0 saturated heterocycles. The number of aromatic amines is 1. The molecule has 2 aromatic rings. The number of aryl methyl sites for hydroxylation is 1. The zero-order chi connectivity index (χ0) is 15.5. The average molecular weight is 287 g/mol. The summed E-state index contributed by atoms with van der Waals surface area (Å²) in [4.78, 5) is 11.9. The minimum absolute atomic E-state index is 0.0341. The van der Waals surface area contributed by atoms with Crippen LogP contribution in [0.1, 0.15) is 32.0 Å². The molecule has 2 rings (SSSR count).